The first-order valence-corrected chi connectivity index (χ1v) is 20.2. The minimum atomic E-state index is -0.852. The highest BCUT2D eigenvalue weighted by Crippen LogP contribution is 2.65. The number of nitrogens with two attached hydrogens (primary N) is 1. The monoisotopic (exact) mass is 765 g/mol. The summed E-state index contributed by atoms with van der Waals surface area (Å²) < 4.78 is 13.3. The molecule has 1 saturated heterocycles. The number of carbonyl (C=O) groups is 4. The van der Waals surface area contributed by atoms with Crippen molar-refractivity contribution in [3.05, 3.63) is 45.5 Å². The first-order valence-electron chi connectivity index (χ1n) is 20.2. The fourth-order valence-corrected chi connectivity index (χ4v) is 9.14. The Morgan fingerprint density at radius 1 is 1.00 bits per heavy atom. The van der Waals surface area contributed by atoms with E-state index >= 15 is 0 Å². The first-order chi connectivity index (χ1) is 26.1. The van der Waals surface area contributed by atoms with E-state index in [9.17, 15) is 29.3 Å². The number of nitro groups is 1. The second-order valence-corrected chi connectivity index (χ2v) is 17.0. The number of nitrogens with zero attached hydrogens (tertiary/aromatic N) is 3. The lowest BCUT2D eigenvalue weighted by Gasteiger charge is -2.64. The first kappa shape index (κ1) is 42.1. The average molecular weight is 766 g/mol. The molecule has 0 unspecified atom stereocenters. The summed E-state index contributed by atoms with van der Waals surface area (Å²) in [5.74, 6) is -0.534. The van der Waals surface area contributed by atoms with Crippen LogP contribution >= 0.6 is 0 Å². The van der Waals surface area contributed by atoms with Crippen molar-refractivity contribution in [2.75, 3.05) is 13.1 Å². The van der Waals surface area contributed by atoms with Gasteiger partial charge in [-0.15, -0.1) is 0 Å². The SMILES string of the molecule is CC(C)C[C@H](NC(=O)[C@H](CCCN=C(N)N[N+](=O)[O-])NC(=O)CCCCCCCCCN1C(=O)c2ccccc2C1=O)B1O[C@@H]2C[C@H]3C[C@H](C3(C)C)[C@]2(C)O1. The van der Waals surface area contributed by atoms with Crippen LogP contribution in [0.3, 0.4) is 0 Å². The van der Waals surface area contributed by atoms with Gasteiger partial charge in [0.15, 0.2) is 5.03 Å². The molecule has 0 aromatic heterocycles. The third kappa shape index (κ3) is 10.0. The summed E-state index contributed by atoms with van der Waals surface area (Å²) in [7, 11) is -0.604. The van der Waals surface area contributed by atoms with Crippen molar-refractivity contribution in [1.82, 2.24) is 21.0 Å². The summed E-state index contributed by atoms with van der Waals surface area (Å²) in [5, 5.41) is 16.0. The molecular weight excluding hydrogens is 705 g/mol. The number of amides is 4. The molecule has 1 aromatic rings. The Labute approximate surface area is 324 Å². The number of hydrazine groups is 1. The number of imide groups is 1. The van der Waals surface area contributed by atoms with Crippen LogP contribution in [0.2, 0.25) is 0 Å². The van der Waals surface area contributed by atoms with Crippen molar-refractivity contribution < 1.29 is 33.5 Å². The molecule has 5 aliphatic rings. The van der Waals surface area contributed by atoms with Crippen LogP contribution in [-0.4, -0.2) is 83.4 Å². The van der Waals surface area contributed by atoms with E-state index in [1.54, 1.807) is 24.3 Å². The lowest BCUT2D eigenvalue weighted by Crippen LogP contribution is -2.65. The molecule has 2 heterocycles. The molecule has 0 radical (unpaired) electrons. The summed E-state index contributed by atoms with van der Waals surface area (Å²) in [5.41, 5.74) is 8.08. The van der Waals surface area contributed by atoms with E-state index in [1.165, 1.54) is 4.90 Å². The van der Waals surface area contributed by atoms with E-state index in [1.807, 2.05) is 5.43 Å². The second kappa shape index (κ2) is 18.3. The maximum Gasteiger partial charge on any atom is 0.481 e. The zero-order valence-electron chi connectivity index (χ0n) is 33.1. The summed E-state index contributed by atoms with van der Waals surface area (Å²) in [6, 6.07) is 6.06. The van der Waals surface area contributed by atoms with Crippen molar-refractivity contribution in [1.29, 1.82) is 0 Å². The highest BCUT2D eigenvalue weighted by Gasteiger charge is 2.68. The van der Waals surface area contributed by atoms with Gasteiger partial charge in [0, 0.05) is 19.5 Å². The highest BCUT2D eigenvalue weighted by molar-refractivity contribution is 6.48. The molecule has 302 valence electrons. The van der Waals surface area contributed by atoms with Crippen LogP contribution in [0, 0.1) is 33.3 Å². The predicted octanol–water partition coefficient (Wildman–Crippen LogP) is 4.56. The van der Waals surface area contributed by atoms with E-state index in [0.717, 1.165) is 51.4 Å². The van der Waals surface area contributed by atoms with Gasteiger partial charge in [0.25, 0.3) is 17.8 Å². The van der Waals surface area contributed by atoms with E-state index in [2.05, 4.69) is 50.2 Å². The summed E-state index contributed by atoms with van der Waals surface area (Å²) in [4.78, 5) is 68.2. The summed E-state index contributed by atoms with van der Waals surface area (Å²) in [6.45, 7) is 11.5. The lowest BCUT2D eigenvalue weighted by atomic mass is 9.43. The molecule has 55 heavy (non-hydrogen) atoms. The Morgan fingerprint density at radius 2 is 1.64 bits per heavy atom. The van der Waals surface area contributed by atoms with Crippen molar-refractivity contribution >= 4 is 36.7 Å². The van der Waals surface area contributed by atoms with Gasteiger partial charge in [-0.3, -0.25) is 24.1 Å². The van der Waals surface area contributed by atoms with E-state index in [0.29, 0.717) is 48.8 Å². The van der Waals surface area contributed by atoms with Crippen molar-refractivity contribution in [2.45, 2.75) is 142 Å². The fourth-order valence-electron chi connectivity index (χ4n) is 9.14. The number of hydrogen-bond donors (Lipinski definition) is 4. The Kier molecular flexibility index (Phi) is 14.0. The topological polar surface area (TPSA) is 208 Å². The Balaban J connectivity index is 1.07. The summed E-state index contributed by atoms with van der Waals surface area (Å²) >= 11 is 0. The summed E-state index contributed by atoms with van der Waals surface area (Å²) in [6.07, 6.45) is 9.59. The quantitative estimate of drug-likeness (QED) is 0.0261. The van der Waals surface area contributed by atoms with Gasteiger partial charge in [0.1, 0.15) is 6.04 Å². The minimum Gasteiger partial charge on any atom is -0.404 e. The van der Waals surface area contributed by atoms with Crippen LogP contribution in [0.15, 0.2) is 29.3 Å². The van der Waals surface area contributed by atoms with Crippen molar-refractivity contribution in [3.8, 4) is 0 Å². The Morgan fingerprint density at radius 3 is 2.25 bits per heavy atom. The molecule has 2 aliphatic heterocycles. The normalized spacial score (nSPS) is 24.9. The van der Waals surface area contributed by atoms with Crippen LogP contribution in [0.25, 0.3) is 0 Å². The van der Waals surface area contributed by atoms with Gasteiger partial charge in [0.2, 0.25) is 11.8 Å². The minimum absolute atomic E-state index is 0.0304. The molecule has 4 fully saturated rings. The Hall–Kier alpha value is -4.05. The molecule has 6 rings (SSSR count). The number of carbonyl (C=O) groups excluding carboxylic acids is 4. The van der Waals surface area contributed by atoms with E-state index in [4.69, 9.17) is 15.0 Å². The molecule has 3 saturated carbocycles. The third-order valence-corrected chi connectivity index (χ3v) is 12.3. The number of rotatable bonds is 21. The van der Waals surface area contributed by atoms with E-state index in [-0.39, 0.29) is 66.4 Å². The van der Waals surface area contributed by atoms with Gasteiger partial charge in [-0.25, -0.2) is 15.1 Å². The smallest absolute Gasteiger partial charge is 0.404 e. The van der Waals surface area contributed by atoms with Gasteiger partial charge in [-0.2, -0.15) is 0 Å². The number of nitrogens with one attached hydrogen (secondary N) is 3. The van der Waals surface area contributed by atoms with Gasteiger partial charge in [0.05, 0.1) is 28.8 Å². The number of fused-ring (bicyclic) bond motifs is 1. The van der Waals surface area contributed by atoms with Gasteiger partial charge >= 0.3 is 7.12 Å². The molecule has 5 N–H and O–H groups in total. The zero-order chi connectivity index (χ0) is 39.9. The van der Waals surface area contributed by atoms with Gasteiger partial charge in [-0.05, 0) is 87.2 Å². The van der Waals surface area contributed by atoms with Crippen molar-refractivity contribution in [3.63, 3.8) is 0 Å². The van der Waals surface area contributed by atoms with Gasteiger partial charge in [-0.1, -0.05) is 77.4 Å². The Bertz CT molecular complexity index is 1570. The maximum absolute atomic E-state index is 13.9. The maximum atomic E-state index is 13.9. The number of benzene rings is 1. The van der Waals surface area contributed by atoms with E-state index < -0.39 is 29.7 Å². The number of unbranched alkanes of at least 4 members (excludes halogenated alkanes) is 6. The molecule has 15 nitrogen and oxygen atoms in total. The molecule has 1 aromatic carbocycles. The van der Waals surface area contributed by atoms with Crippen LogP contribution in [-0.2, 0) is 18.9 Å². The predicted molar refractivity (Wildman–Crippen MR) is 208 cm³/mol. The van der Waals surface area contributed by atoms with Crippen LogP contribution in [0.4, 0.5) is 0 Å². The molecule has 4 amide bonds. The molecular formula is C39H60BN7O8. The van der Waals surface area contributed by atoms with Gasteiger partial charge < -0.3 is 25.7 Å². The average Bonchev–Trinajstić information content (AvgIpc) is 3.60. The molecule has 0 spiro atoms. The number of guanidine groups is 1. The molecule has 2 bridgehead atoms. The fraction of sp³-hybridized carbons (Fsp3) is 0.718. The van der Waals surface area contributed by atoms with Crippen LogP contribution in [0.1, 0.15) is 139 Å². The largest absolute Gasteiger partial charge is 0.481 e. The lowest BCUT2D eigenvalue weighted by molar-refractivity contribution is -0.525. The highest BCUT2D eigenvalue weighted by atomic mass is 16.7. The third-order valence-electron chi connectivity index (χ3n) is 12.3. The number of hydrogen-bond acceptors (Lipinski definition) is 9. The van der Waals surface area contributed by atoms with Crippen LogP contribution in [0.5, 0.6) is 0 Å². The van der Waals surface area contributed by atoms with Crippen LogP contribution < -0.4 is 21.8 Å². The molecule has 6 atom stereocenters. The standard InChI is InChI=1S/C39H60BN7O8/c1-25(2)22-32(40-54-31-24-26-23-30(38(26,3)4)39(31,5)55-40)44-34(49)29(18-15-20-42-37(41)45-47(52)53)43-33(48)19-11-9-7-6-8-10-14-21-46-35(50)27-16-12-13-17-28(27)36(46)51/h12-13,16-17,25-26,29-32H,6-11,14-15,18-24H2,1-5H3,(H,43,48)(H,44,49)(H3,41,42,45)/t26-,29+,30-,31-,32+,39+/m1/s1. The van der Waals surface area contributed by atoms with Crippen molar-refractivity contribution in [2.24, 2.45) is 33.9 Å². The molecule has 3 aliphatic carbocycles. The molecule has 16 heteroatoms. The number of aliphatic imine (C=N–C) groups is 1. The zero-order valence-corrected chi connectivity index (χ0v) is 33.1. The second-order valence-electron chi connectivity index (χ2n) is 17.0.